The van der Waals surface area contributed by atoms with Crippen LogP contribution < -0.4 is 5.06 Å². The number of hydrogen-bond acceptors (Lipinski definition) is 6. The summed E-state index contributed by atoms with van der Waals surface area (Å²) in [5, 5.41) is 3.15. The highest BCUT2D eigenvalue weighted by Crippen LogP contribution is 2.28. The van der Waals surface area contributed by atoms with Gasteiger partial charge < -0.3 is 9.47 Å². The summed E-state index contributed by atoms with van der Waals surface area (Å²) in [7, 11) is 0. The second-order valence-electron chi connectivity index (χ2n) is 9.13. The number of nitrogens with zero attached hydrogens (tertiary/aromatic N) is 3. The molecule has 0 N–H and O–H groups in total. The average molecular weight is 466 g/mol. The van der Waals surface area contributed by atoms with Crippen LogP contribution in [0.3, 0.4) is 0 Å². The van der Waals surface area contributed by atoms with Crippen molar-refractivity contribution in [2.24, 2.45) is 0 Å². The number of anilines is 1. The normalized spacial score (nSPS) is 14.8. The Bertz CT molecular complexity index is 1140. The van der Waals surface area contributed by atoms with Crippen LogP contribution in [0.25, 0.3) is 10.8 Å². The molecule has 1 aliphatic heterocycles. The zero-order valence-corrected chi connectivity index (χ0v) is 19.9. The van der Waals surface area contributed by atoms with Gasteiger partial charge in [0.25, 0.3) is 5.91 Å². The molecule has 0 atom stereocenters. The molecule has 2 heterocycles. The Hall–Kier alpha value is -3.20. The van der Waals surface area contributed by atoms with E-state index >= 15 is 0 Å². The van der Waals surface area contributed by atoms with E-state index in [0.29, 0.717) is 32.1 Å². The maximum absolute atomic E-state index is 13.8. The molecule has 3 aromatic rings. The molecule has 8 nitrogen and oxygen atoms in total. The van der Waals surface area contributed by atoms with Gasteiger partial charge in [-0.1, -0.05) is 36.4 Å². The smallest absolute Gasteiger partial charge is 0.419 e. The standard InChI is InChI=1S/C26H31N3O5/c1-26(2,3)34-25(31)28-13-7-12-23(28)24(30)29(33-19-16-27-14-17-32-18-15-27)22-11-6-9-20-8-4-5-10-21(20)22/h4-13H,14-19H2,1-3H3. The van der Waals surface area contributed by atoms with Crippen molar-refractivity contribution in [2.45, 2.75) is 26.4 Å². The first kappa shape index (κ1) is 23.9. The lowest BCUT2D eigenvalue weighted by atomic mass is 10.1. The molecule has 0 aliphatic carbocycles. The summed E-state index contributed by atoms with van der Waals surface area (Å²) in [5.74, 6) is -0.450. The topological polar surface area (TPSA) is 73.2 Å². The van der Waals surface area contributed by atoms with Crippen molar-refractivity contribution in [3.63, 3.8) is 0 Å². The molecule has 1 fully saturated rings. The number of hydrogen-bond donors (Lipinski definition) is 0. The number of carbonyl (C=O) groups is 2. The zero-order valence-electron chi connectivity index (χ0n) is 19.9. The SMILES string of the molecule is CC(C)(C)OC(=O)n1cccc1C(=O)N(OCCN1CCOCC1)c1cccc2ccccc12. The molecule has 180 valence electrons. The fourth-order valence-electron chi connectivity index (χ4n) is 3.84. The summed E-state index contributed by atoms with van der Waals surface area (Å²) in [6.07, 6.45) is 0.906. The summed E-state index contributed by atoms with van der Waals surface area (Å²) in [6.45, 7) is 9.35. The van der Waals surface area contributed by atoms with Crippen LogP contribution in [0.15, 0.2) is 60.8 Å². The van der Waals surface area contributed by atoms with E-state index in [2.05, 4.69) is 4.90 Å². The molecule has 1 amide bonds. The quantitative estimate of drug-likeness (QED) is 0.505. The molecule has 1 aromatic heterocycles. The van der Waals surface area contributed by atoms with Gasteiger partial charge in [-0.3, -0.25) is 14.5 Å². The minimum atomic E-state index is -0.689. The second kappa shape index (κ2) is 10.4. The van der Waals surface area contributed by atoms with Crippen LogP contribution in [0.1, 0.15) is 31.3 Å². The van der Waals surface area contributed by atoms with Crippen LogP contribution in [0.4, 0.5) is 10.5 Å². The predicted molar refractivity (Wildman–Crippen MR) is 130 cm³/mol. The number of carbonyl (C=O) groups excluding carboxylic acids is 2. The lowest BCUT2D eigenvalue weighted by Crippen LogP contribution is -2.41. The second-order valence-corrected chi connectivity index (χ2v) is 9.13. The molecule has 0 saturated carbocycles. The Morgan fingerprint density at radius 3 is 2.50 bits per heavy atom. The highest BCUT2D eigenvalue weighted by Gasteiger charge is 2.27. The van der Waals surface area contributed by atoms with Crippen molar-refractivity contribution in [1.29, 1.82) is 0 Å². The molecular formula is C26H31N3O5. The van der Waals surface area contributed by atoms with Crippen LogP contribution in [0.2, 0.25) is 0 Å². The van der Waals surface area contributed by atoms with Gasteiger partial charge in [-0.2, -0.15) is 5.06 Å². The maximum atomic E-state index is 13.8. The van der Waals surface area contributed by atoms with Gasteiger partial charge in [0.15, 0.2) is 0 Å². The summed E-state index contributed by atoms with van der Waals surface area (Å²) < 4.78 is 12.1. The number of hydroxylamine groups is 1. The molecule has 8 heteroatoms. The van der Waals surface area contributed by atoms with Crippen LogP contribution >= 0.6 is 0 Å². The number of aromatic nitrogens is 1. The van der Waals surface area contributed by atoms with Crippen molar-refractivity contribution in [1.82, 2.24) is 9.47 Å². The van der Waals surface area contributed by atoms with Crippen molar-refractivity contribution >= 4 is 28.5 Å². The van der Waals surface area contributed by atoms with Crippen LogP contribution in [-0.2, 0) is 14.3 Å². The van der Waals surface area contributed by atoms with Gasteiger partial charge >= 0.3 is 6.09 Å². The van der Waals surface area contributed by atoms with Crippen molar-refractivity contribution < 1.29 is 23.9 Å². The largest absolute Gasteiger partial charge is 0.443 e. The van der Waals surface area contributed by atoms with E-state index in [1.54, 1.807) is 32.9 Å². The van der Waals surface area contributed by atoms with Gasteiger partial charge in [0.05, 0.1) is 25.5 Å². The summed E-state index contributed by atoms with van der Waals surface area (Å²) in [6, 6.07) is 16.8. The number of amides is 1. The molecule has 0 bridgehead atoms. The molecule has 1 aliphatic rings. The van der Waals surface area contributed by atoms with E-state index in [-0.39, 0.29) is 5.69 Å². The van der Waals surface area contributed by atoms with Gasteiger partial charge in [-0.25, -0.2) is 9.36 Å². The molecule has 2 aromatic carbocycles. The maximum Gasteiger partial charge on any atom is 0.419 e. The molecule has 0 radical (unpaired) electrons. The number of fused-ring (bicyclic) bond motifs is 1. The minimum Gasteiger partial charge on any atom is -0.443 e. The van der Waals surface area contributed by atoms with Crippen LogP contribution in [0.5, 0.6) is 0 Å². The average Bonchev–Trinajstić information content (AvgIpc) is 3.31. The first-order valence-electron chi connectivity index (χ1n) is 11.5. The van der Waals surface area contributed by atoms with E-state index < -0.39 is 17.6 Å². The van der Waals surface area contributed by atoms with E-state index in [0.717, 1.165) is 23.9 Å². The number of morpholine rings is 1. The van der Waals surface area contributed by atoms with E-state index in [4.69, 9.17) is 14.3 Å². The van der Waals surface area contributed by atoms with Gasteiger partial charge in [0, 0.05) is 31.2 Å². The monoisotopic (exact) mass is 465 g/mol. The Balaban J connectivity index is 1.63. The van der Waals surface area contributed by atoms with Gasteiger partial charge in [0.1, 0.15) is 11.3 Å². The third-order valence-electron chi connectivity index (χ3n) is 5.46. The van der Waals surface area contributed by atoms with Gasteiger partial charge in [-0.05, 0) is 44.4 Å². The molecule has 4 rings (SSSR count). The van der Waals surface area contributed by atoms with Crippen LogP contribution in [-0.4, -0.2) is 66.5 Å². The molecule has 1 saturated heterocycles. The summed E-state index contributed by atoms with van der Waals surface area (Å²) in [4.78, 5) is 34.8. The highest BCUT2D eigenvalue weighted by molar-refractivity contribution is 6.09. The summed E-state index contributed by atoms with van der Waals surface area (Å²) in [5.41, 5.74) is 0.0848. The Morgan fingerprint density at radius 2 is 1.74 bits per heavy atom. The molecule has 0 spiro atoms. The van der Waals surface area contributed by atoms with Crippen LogP contribution in [0, 0.1) is 0 Å². The third kappa shape index (κ3) is 5.64. The van der Waals surface area contributed by atoms with E-state index in [9.17, 15) is 9.59 Å². The fraction of sp³-hybridized carbons (Fsp3) is 0.385. The third-order valence-corrected chi connectivity index (χ3v) is 5.46. The Kier molecular flexibility index (Phi) is 7.31. The lowest BCUT2D eigenvalue weighted by Gasteiger charge is -2.28. The number of ether oxygens (including phenoxy) is 2. The first-order valence-corrected chi connectivity index (χ1v) is 11.5. The van der Waals surface area contributed by atoms with Gasteiger partial charge in [0.2, 0.25) is 0 Å². The molecule has 0 unspecified atom stereocenters. The predicted octanol–water partition coefficient (Wildman–Crippen LogP) is 4.34. The fourth-order valence-corrected chi connectivity index (χ4v) is 3.84. The van der Waals surface area contributed by atoms with Crippen molar-refractivity contribution in [2.75, 3.05) is 44.5 Å². The Morgan fingerprint density at radius 1 is 1.00 bits per heavy atom. The summed E-state index contributed by atoms with van der Waals surface area (Å²) >= 11 is 0. The minimum absolute atomic E-state index is 0.161. The number of rotatable bonds is 6. The number of benzene rings is 2. The zero-order chi connectivity index (χ0) is 24.1. The lowest BCUT2D eigenvalue weighted by molar-refractivity contribution is 0.0159. The van der Waals surface area contributed by atoms with E-state index in [1.165, 1.54) is 15.8 Å². The highest BCUT2D eigenvalue weighted by atomic mass is 16.7. The van der Waals surface area contributed by atoms with Gasteiger partial charge in [-0.15, -0.1) is 0 Å². The van der Waals surface area contributed by atoms with Crippen molar-refractivity contribution in [3.8, 4) is 0 Å². The first-order chi connectivity index (χ1) is 16.3. The van der Waals surface area contributed by atoms with E-state index in [1.807, 2.05) is 42.5 Å². The molecule has 34 heavy (non-hydrogen) atoms. The van der Waals surface area contributed by atoms with Crippen molar-refractivity contribution in [3.05, 3.63) is 66.5 Å². The Labute approximate surface area is 199 Å². The molecular weight excluding hydrogens is 434 g/mol.